The molecule has 0 radical (unpaired) electrons. The number of anilines is 1. The van der Waals surface area contributed by atoms with Crippen molar-refractivity contribution in [3.63, 3.8) is 0 Å². The summed E-state index contributed by atoms with van der Waals surface area (Å²) in [6.07, 6.45) is 1.80. The molecule has 1 aliphatic heterocycles. The lowest BCUT2D eigenvalue weighted by Crippen LogP contribution is -2.43. The first-order chi connectivity index (χ1) is 17.4. The van der Waals surface area contributed by atoms with Gasteiger partial charge in [-0.25, -0.2) is 13.1 Å². The Morgan fingerprint density at radius 3 is 2.49 bits per heavy atom. The molecule has 1 unspecified atom stereocenters. The second-order valence-corrected chi connectivity index (χ2v) is 11.3. The Bertz CT molecular complexity index is 1410. The third-order valence-electron chi connectivity index (χ3n) is 5.78. The van der Waals surface area contributed by atoms with Gasteiger partial charge >= 0.3 is 0 Å². The van der Waals surface area contributed by atoms with E-state index in [0.717, 1.165) is 22.4 Å². The highest BCUT2D eigenvalue weighted by atomic mass is 32.2. The highest BCUT2D eigenvalue weighted by Crippen LogP contribution is 2.24. The molecule has 1 aromatic heterocycles. The summed E-state index contributed by atoms with van der Waals surface area (Å²) < 4.78 is 27.3. The minimum Gasteiger partial charge on any atom is -0.389 e. The highest BCUT2D eigenvalue weighted by Gasteiger charge is 2.29. The van der Waals surface area contributed by atoms with Gasteiger partial charge in [0.25, 0.3) is 5.91 Å². The molecule has 2 heterocycles. The summed E-state index contributed by atoms with van der Waals surface area (Å²) in [7, 11) is -3.78. The van der Waals surface area contributed by atoms with Crippen molar-refractivity contribution < 1.29 is 18.3 Å². The SMILES string of the molecule is CC1NN=C(C(N)=O)N1c1ccc(Cc2cccc(-c3ccc(S(=O)(=O)NCC(C)(C)O)cn3)c2)cc1. The molecule has 1 aliphatic rings. The molecular formula is C26H30N6O4S. The van der Waals surface area contributed by atoms with Crippen LogP contribution in [0.2, 0.25) is 0 Å². The monoisotopic (exact) mass is 522 g/mol. The van der Waals surface area contributed by atoms with Gasteiger partial charge in [0.1, 0.15) is 11.1 Å². The van der Waals surface area contributed by atoms with Crippen LogP contribution in [0.4, 0.5) is 5.69 Å². The van der Waals surface area contributed by atoms with Gasteiger partial charge in [-0.1, -0.05) is 30.3 Å². The molecule has 0 saturated heterocycles. The molecular weight excluding hydrogens is 492 g/mol. The third-order valence-corrected chi connectivity index (χ3v) is 7.17. The number of carbonyl (C=O) groups is 1. The van der Waals surface area contributed by atoms with Crippen molar-refractivity contribution in [2.45, 2.75) is 43.9 Å². The third kappa shape index (κ3) is 6.31. The van der Waals surface area contributed by atoms with Gasteiger partial charge in [0.2, 0.25) is 15.9 Å². The maximum Gasteiger partial charge on any atom is 0.286 e. The number of primary amides is 1. The van der Waals surface area contributed by atoms with E-state index in [-0.39, 0.29) is 23.4 Å². The normalized spacial score (nSPS) is 15.8. The Labute approximate surface area is 216 Å². The maximum absolute atomic E-state index is 12.5. The maximum atomic E-state index is 12.5. The number of benzene rings is 2. The largest absolute Gasteiger partial charge is 0.389 e. The number of amidine groups is 1. The number of hydrogen-bond donors (Lipinski definition) is 4. The zero-order valence-electron chi connectivity index (χ0n) is 20.8. The van der Waals surface area contributed by atoms with Gasteiger partial charge < -0.3 is 10.8 Å². The van der Waals surface area contributed by atoms with Crippen molar-refractivity contribution >= 4 is 27.5 Å². The van der Waals surface area contributed by atoms with Crippen molar-refractivity contribution in [1.82, 2.24) is 15.1 Å². The molecule has 0 spiro atoms. The van der Waals surface area contributed by atoms with E-state index in [4.69, 9.17) is 5.73 Å². The summed E-state index contributed by atoms with van der Waals surface area (Å²) in [4.78, 5) is 17.8. The predicted molar refractivity (Wildman–Crippen MR) is 142 cm³/mol. The lowest BCUT2D eigenvalue weighted by atomic mass is 10.0. The van der Waals surface area contributed by atoms with Crippen LogP contribution in [0.15, 0.2) is 76.9 Å². The van der Waals surface area contributed by atoms with Crippen molar-refractivity contribution in [3.05, 3.63) is 78.0 Å². The first-order valence-corrected chi connectivity index (χ1v) is 13.2. The fourth-order valence-electron chi connectivity index (χ4n) is 3.88. The summed E-state index contributed by atoms with van der Waals surface area (Å²) in [5.41, 5.74) is 11.6. The van der Waals surface area contributed by atoms with Gasteiger partial charge in [-0.3, -0.25) is 20.1 Å². The van der Waals surface area contributed by atoms with E-state index < -0.39 is 21.5 Å². The molecule has 10 nitrogen and oxygen atoms in total. The van der Waals surface area contributed by atoms with Crippen LogP contribution < -0.4 is 20.8 Å². The van der Waals surface area contributed by atoms with E-state index >= 15 is 0 Å². The first-order valence-electron chi connectivity index (χ1n) is 11.7. The molecule has 0 bridgehead atoms. The predicted octanol–water partition coefficient (Wildman–Crippen LogP) is 1.94. The number of amides is 1. The lowest BCUT2D eigenvalue weighted by Gasteiger charge is -2.23. The number of hydrazone groups is 1. The van der Waals surface area contributed by atoms with Crippen molar-refractivity contribution in [2.75, 3.05) is 11.4 Å². The van der Waals surface area contributed by atoms with E-state index in [1.54, 1.807) is 11.0 Å². The molecule has 0 saturated carbocycles. The summed E-state index contributed by atoms with van der Waals surface area (Å²) in [5, 5.41) is 13.8. The van der Waals surface area contributed by atoms with Gasteiger partial charge in [-0.05, 0) is 68.7 Å². The molecule has 3 aromatic rings. The standard InChI is InChI=1S/C26H30N6O4S/c1-17-30-31-25(24(27)33)32(17)21-9-7-18(8-10-21)13-19-5-4-6-20(14-19)23-12-11-22(15-28-23)37(35,36)29-16-26(2,3)34/h4-12,14-15,17,29-30,34H,13,16H2,1-3H3,(H2,27,33). The first kappa shape index (κ1) is 26.3. The van der Waals surface area contributed by atoms with Crippen molar-refractivity contribution in [1.29, 1.82) is 0 Å². The van der Waals surface area contributed by atoms with Crippen LogP contribution >= 0.6 is 0 Å². The average molecular weight is 523 g/mol. The number of aromatic nitrogens is 1. The molecule has 194 valence electrons. The molecule has 2 aromatic carbocycles. The van der Waals surface area contributed by atoms with Crippen LogP contribution in [0.1, 0.15) is 31.9 Å². The van der Waals surface area contributed by atoms with Crippen LogP contribution in [0, 0.1) is 0 Å². The van der Waals surface area contributed by atoms with E-state index in [0.29, 0.717) is 12.1 Å². The summed E-state index contributed by atoms with van der Waals surface area (Å²) >= 11 is 0. The fraction of sp³-hybridized carbons (Fsp3) is 0.269. The Morgan fingerprint density at radius 2 is 1.86 bits per heavy atom. The Kier molecular flexibility index (Phi) is 7.30. The van der Waals surface area contributed by atoms with Gasteiger partial charge in [-0.2, -0.15) is 5.10 Å². The zero-order valence-corrected chi connectivity index (χ0v) is 21.7. The topological polar surface area (TPSA) is 150 Å². The molecule has 0 aliphatic carbocycles. The zero-order chi connectivity index (χ0) is 26.8. The minimum atomic E-state index is -3.78. The van der Waals surface area contributed by atoms with Gasteiger partial charge in [-0.15, -0.1) is 0 Å². The minimum absolute atomic E-state index is 0.0313. The quantitative estimate of drug-likeness (QED) is 0.335. The number of carbonyl (C=O) groups excluding carboxylic acids is 1. The number of nitrogens with one attached hydrogen (secondary N) is 2. The number of nitrogens with two attached hydrogens (primary N) is 1. The second kappa shape index (κ2) is 10.3. The van der Waals surface area contributed by atoms with Gasteiger partial charge in [0.15, 0.2) is 0 Å². The van der Waals surface area contributed by atoms with Crippen LogP contribution in [0.25, 0.3) is 11.3 Å². The van der Waals surface area contributed by atoms with Crippen molar-refractivity contribution in [3.8, 4) is 11.3 Å². The summed E-state index contributed by atoms with van der Waals surface area (Å²) in [6, 6.07) is 18.9. The van der Waals surface area contributed by atoms with E-state index in [2.05, 4.69) is 20.2 Å². The molecule has 4 rings (SSSR count). The number of hydrogen-bond acceptors (Lipinski definition) is 8. The number of nitrogens with zero attached hydrogens (tertiary/aromatic N) is 3. The molecule has 11 heteroatoms. The smallest absolute Gasteiger partial charge is 0.286 e. The lowest BCUT2D eigenvalue weighted by molar-refractivity contribution is -0.112. The Hall–Kier alpha value is -3.80. The van der Waals surface area contributed by atoms with Crippen LogP contribution in [-0.4, -0.2) is 48.6 Å². The van der Waals surface area contributed by atoms with Gasteiger partial charge in [0.05, 0.1) is 11.3 Å². The molecule has 0 fully saturated rings. The van der Waals surface area contributed by atoms with E-state index in [1.165, 1.54) is 26.1 Å². The van der Waals surface area contributed by atoms with E-state index in [1.807, 2.05) is 55.5 Å². The molecule has 1 amide bonds. The Balaban J connectivity index is 1.47. The van der Waals surface area contributed by atoms with Crippen molar-refractivity contribution in [2.24, 2.45) is 10.8 Å². The van der Waals surface area contributed by atoms with E-state index in [9.17, 15) is 18.3 Å². The number of sulfonamides is 1. The summed E-state index contributed by atoms with van der Waals surface area (Å²) in [6.45, 7) is 4.84. The van der Waals surface area contributed by atoms with Crippen LogP contribution in [-0.2, 0) is 21.2 Å². The number of pyridine rings is 1. The average Bonchev–Trinajstić information content (AvgIpc) is 3.25. The fourth-order valence-corrected chi connectivity index (χ4v) is 5.03. The van der Waals surface area contributed by atoms with Gasteiger partial charge in [0, 0.05) is 24.0 Å². The molecule has 5 N–H and O–H groups in total. The summed E-state index contributed by atoms with van der Waals surface area (Å²) in [5.74, 6) is -0.422. The molecule has 1 atom stereocenters. The number of rotatable bonds is 9. The highest BCUT2D eigenvalue weighted by molar-refractivity contribution is 7.89. The molecule has 37 heavy (non-hydrogen) atoms. The number of aliphatic hydroxyl groups is 1. The Morgan fingerprint density at radius 1 is 1.14 bits per heavy atom. The van der Waals surface area contributed by atoms with Crippen LogP contribution in [0.3, 0.4) is 0 Å². The second-order valence-electron chi connectivity index (χ2n) is 9.53. The van der Waals surface area contributed by atoms with Crippen LogP contribution in [0.5, 0.6) is 0 Å².